The molecule has 0 bridgehead atoms. The molecular formula is C18H13ClN4OS. The minimum Gasteiger partial charge on any atom is -0.340 e. The molecule has 4 aromatic rings. The fourth-order valence-electron chi connectivity index (χ4n) is 2.50. The number of Topliss-reactive ketones (excluding diaryl/α,β-unsaturated/α-hetero) is 1. The first kappa shape index (κ1) is 15.8. The van der Waals surface area contributed by atoms with Crippen LogP contribution in [0, 0.1) is 0 Å². The van der Waals surface area contributed by atoms with Crippen molar-refractivity contribution < 1.29 is 4.79 Å². The van der Waals surface area contributed by atoms with Crippen molar-refractivity contribution in [2.45, 2.75) is 6.92 Å². The van der Waals surface area contributed by atoms with E-state index in [2.05, 4.69) is 15.4 Å². The van der Waals surface area contributed by atoms with Crippen LogP contribution in [0.2, 0.25) is 5.02 Å². The first-order valence-electron chi connectivity index (χ1n) is 7.58. The lowest BCUT2D eigenvalue weighted by molar-refractivity contribution is 0.102. The first-order valence-corrected chi connectivity index (χ1v) is 8.78. The van der Waals surface area contributed by atoms with Crippen LogP contribution in [0.4, 0.5) is 11.5 Å². The van der Waals surface area contributed by atoms with Crippen molar-refractivity contribution in [3.8, 4) is 10.4 Å². The number of carbonyl (C=O) groups is 1. The summed E-state index contributed by atoms with van der Waals surface area (Å²) in [5, 5.41) is 8.24. The van der Waals surface area contributed by atoms with Gasteiger partial charge in [0.1, 0.15) is 5.82 Å². The maximum Gasteiger partial charge on any atom is 0.169 e. The Hall–Kier alpha value is -2.70. The Kier molecular flexibility index (Phi) is 3.99. The van der Waals surface area contributed by atoms with E-state index in [1.54, 1.807) is 17.6 Å². The van der Waals surface area contributed by atoms with Crippen molar-refractivity contribution in [2.75, 3.05) is 5.32 Å². The average molecular weight is 369 g/mol. The van der Waals surface area contributed by atoms with Crippen LogP contribution < -0.4 is 5.32 Å². The summed E-state index contributed by atoms with van der Waals surface area (Å²) in [5.74, 6) is 0.754. The highest BCUT2D eigenvalue weighted by molar-refractivity contribution is 7.17. The second-order valence-electron chi connectivity index (χ2n) is 5.49. The van der Waals surface area contributed by atoms with E-state index in [-0.39, 0.29) is 5.78 Å². The Morgan fingerprint density at radius 2 is 2.12 bits per heavy atom. The van der Waals surface area contributed by atoms with Crippen molar-refractivity contribution in [1.29, 1.82) is 0 Å². The molecule has 25 heavy (non-hydrogen) atoms. The lowest BCUT2D eigenvalue weighted by Gasteiger charge is -2.06. The molecule has 0 saturated carbocycles. The summed E-state index contributed by atoms with van der Waals surface area (Å²) in [6.07, 6.45) is 3.61. The van der Waals surface area contributed by atoms with Gasteiger partial charge < -0.3 is 5.32 Å². The predicted molar refractivity (Wildman–Crippen MR) is 101 cm³/mol. The van der Waals surface area contributed by atoms with Gasteiger partial charge in [-0.1, -0.05) is 17.7 Å². The van der Waals surface area contributed by atoms with Crippen LogP contribution in [0.5, 0.6) is 0 Å². The van der Waals surface area contributed by atoms with E-state index in [1.807, 2.05) is 48.7 Å². The number of fused-ring (bicyclic) bond motifs is 1. The molecule has 4 rings (SSSR count). The third-order valence-electron chi connectivity index (χ3n) is 3.68. The summed E-state index contributed by atoms with van der Waals surface area (Å²) < 4.78 is 1.71. The number of benzene rings is 1. The largest absolute Gasteiger partial charge is 0.340 e. The number of anilines is 2. The molecule has 124 valence electrons. The molecule has 1 N–H and O–H groups in total. The molecule has 0 radical (unpaired) electrons. The Morgan fingerprint density at radius 1 is 1.24 bits per heavy atom. The van der Waals surface area contributed by atoms with Gasteiger partial charge in [0.25, 0.3) is 0 Å². The normalized spacial score (nSPS) is 11.0. The van der Waals surface area contributed by atoms with E-state index in [1.165, 1.54) is 11.3 Å². The Balaban J connectivity index is 1.73. The van der Waals surface area contributed by atoms with E-state index in [9.17, 15) is 4.79 Å². The van der Waals surface area contributed by atoms with Crippen LogP contribution >= 0.6 is 22.9 Å². The minimum absolute atomic E-state index is 0.0593. The van der Waals surface area contributed by atoms with Gasteiger partial charge in [-0.05, 0) is 43.3 Å². The molecule has 0 saturated heterocycles. The maximum atomic E-state index is 11.5. The van der Waals surface area contributed by atoms with Gasteiger partial charge in [-0.15, -0.1) is 11.3 Å². The lowest BCUT2D eigenvalue weighted by Crippen LogP contribution is -1.97. The molecule has 3 heterocycles. The molecular weight excluding hydrogens is 356 g/mol. The first-order chi connectivity index (χ1) is 12.1. The van der Waals surface area contributed by atoms with Crippen LogP contribution in [-0.4, -0.2) is 20.4 Å². The third kappa shape index (κ3) is 3.14. The van der Waals surface area contributed by atoms with Crippen molar-refractivity contribution in [3.05, 3.63) is 64.8 Å². The van der Waals surface area contributed by atoms with E-state index >= 15 is 0 Å². The van der Waals surface area contributed by atoms with E-state index in [4.69, 9.17) is 11.6 Å². The molecule has 0 aliphatic heterocycles. The number of carbonyl (C=O) groups excluding carboxylic acids is 1. The number of ketones is 1. The average Bonchev–Trinajstić information content (AvgIpc) is 3.21. The molecule has 0 unspecified atom stereocenters. The van der Waals surface area contributed by atoms with Gasteiger partial charge in [0.15, 0.2) is 11.4 Å². The molecule has 0 spiro atoms. The van der Waals surface area contributed by atoms with Gasteiger partial charge in [-0.3, -0.25) is 4.79 Å². The molecule has 0 atom stereocenters. The van der Waals surface area contributed by atoms with Crippen LogP contribution in [0.25, 0.3) is 16.1 Å². The molecule has 0 fully saturated rings. The molecule has 0 aliphatic rings. The van der Waals surface area contributed by atoms with E-state index in [0.29, 0.717) is 10.8 Å². The zero-order valence-corrected chi connectivity index (χ0v) is 14.8. The van der Waals surface area contributed by atoms with Crippen LogP contribution in [-0.2, 0) is 0 Å². The topological polar surface area (TPSA) is 59.3 Å². The number of nitrogens with zero attached hydrogens (tertiary/aromatic N) is 3. The predicted octanol–water partition coefficient (Wildman–Crippen LogP) is 5.06. The number of thiophene rings is 1. The van der Waals surface area contributed by atoms with Crippen molar-refractivity contribution >= 4 is 45.9 Å². The second kappa shape index (κ2) is 6.31. The quantitative estimate of drug-likeness (QED) is 0.511. The molecule has 0 amide bonds. The molecule has 1 aromatic carbocycles. The Labute approximate surface area is 152 Å². The lowest BCUT2D eigenvalue weighted by atomic mass is 10.2. The van der Waals surface area contributed by atoms with E-state index in [0.717, 1.165) is 26.7 Å². The van der Waals surface area contributed by atoms with Gasteiger partial charge >= 0.3 is 0 Å². The standard InChI is InChI=1S/C18H13ClN4OS/c1-11(24)15-5-6-16(25-15)14-10-20-23-8-7-17(22-18(14)23)21-13-4-2-3-12(19)9-13/h2-10H,1H3,(H,21,22). The molecule has 0 aliphatic carbocycles. The van der Waals surface area contributed by atoms with Crippen molar-refractivity contribution in [1.82, 2.24) is 14.6 Å². The van der Waals surface area contributed by atoms with Gasteiger partial charge in [-0.25, -0.2) is 9.50 Å². The smallest absolute Gasteiger partial charge is 0.169 e. The summed E-state index contributed by atoms with van der Waals surface area (Å²) >= 11 is 7.47. The van der Waals surface area contributed by atoms with E-state index < -0.39 is 0 Å². The highest BCUT2D eigenvalue weighted by Gasteiger charge is 2.13. The number of hydrogen-bond donors (Lipinski definition) is 1. The van der Waals surface area contributed by atoms with Crippen LogP contribution in [0.15, 0.2) is 54.9 Å². The fraction of sp³-hybridized carbons (Fsp3) is 0.0556. The summed E-state index contributed by atoms with van der Waals surface area (Å²) in [7, 11) is 0. The molecule has 7 heteroatoms. The number of nitrogens with one attached hydrogen (secondary N) is 1. The molecule has 3 aromatic heterocycles. The van der Waals surface area contributed by atoms with Gasteiger partial charge in [0.2, 0.25) is 0 Å². The summed E-state index contributed by atoms with van der Waals surface area (Å²) in [6.45, 7) is 1.57. The summed E-state index contributed by atoms with van der Waals surface area (Å²) in [4.78, 5) is 17.9. The number of halogens is 1. The SMILES string of the molecule is CC(=O)c1ccc(-c2cnn3ccc(Nc4cccc(Cl)c4)nc23)s1. The summed E-state index contributed by atoms with van der Waals surface area (Å²) in [5.41, 5.74) is 2.48. The van der Waals surface area contributed by atoms with Gasteiger partial charge in [-0.2, -0.15) is 5.10 Å². The Bertz CT molecular complexity index is 1090. The van der Waals surface area contributed by atoms with Crippen LogP contribution in [0.1, 0.15) is 16.6 Å². The van der Waals surface area contributed by atoms with Gasteiger partial charge in [0, 0.05) is 21.8 Å². The minimum atomic E-state index is 0.0593. The van der Waals surface area contributed by atoms with Crippen molar-refractivity contribution in [2.24, 2.45) is 0 Å². The zero-order valence-electron chi connectivity index (χ0n) is 13.2. The zero-order chi connectivity index (χ0) is 17.4. The maximum absolute atomic E-state index is 11.5. The number of aromatic nitrogens is 3. The third-order valence-corrected chi connectivity index (χ3v) is 5.14. The number of rotatable bonds is 4. The summed E-state index contributed by atoms with van der Waals surface area (Å²) in [6, 6.07) is 13.1. The highest BCUT2D eigenvalue weighted by Crippen LogP contribution is 2.31. The second-order valence-corrected chi connectivity index (χ2v) is 7.01. The molecule has 5 nitrogen and oxygen atoms in total. The number of hydrogen-bond acceptors (Lipinski definition) is 5. The monoisotopic (exact) mass is 368 g/mol. The van der Waals surface area contributed by atoms with Gasteiger partial charge in [0.05, 0.1) is 16.6 Å². The Morgan fingerprint density at radius 3 is 2.88 bits per heavy atom. The highest BCUT2D eigenvalue weighted by atomic mass is 35.5. The van der Waals surface area contributed by atoms with Crippen LogP contribution in [0.3, 0.4) is 0 Å². The van der Waals surface area contributed by atoms with Crippen molar-refractivity contribution in [3.63, 3.8) is 0 Å². The fourth-order valence-corrected chi connectivity index (χ4v) is 3.60.